The first-order chi connectivity index (χ1) is 20.1. The summed E-state index contributed by atoms with van der Waals surface area (Å²) in [6.07, 6.45) is -2.30. The molecule has 0 aromatic heterocycles. The van der Waals surface area contributed by atoms with Crippen molar-refractivity contribution in [3.05, 3.63) is 137 Å². The summed E-state index contributed by atoms with van der Waals surface area (Å²) in [5.74, 6) is 0. The van der Waals surface area contributed by atoms with Crippen LogP contribution in [0.5, 0.6) is 0 Å². The monoisotopic (exact) mass is 570 g/mol. The van der Waals surface area contributed by atoms with Crippen molar-refractivity contribution in [2.75, 3.05) is 0 Å². The summed E-state index contributed by atoms with van der Waals surface area (Å²) in [4.78, 5) is 1.08. The van der Waals surface area contributed by atoms with Crippen molar-refractivity contribution in [2.45, 2.75) is 76.2 Å². The quantitative estimate of drug-likeness (QED) is 0.162. The van der Waals surface area contributed by atoms with Gasteiger partial charge in [-0.3, -0.25) is 4.18 Å². The van der Waals surface area contributed by atoms with Gasteiger partial charge in [0, 0.05) is 16.9 Å². The summed E-state index contributed by atoms with van der Waals surface area (Å²) in [5.41, 5.74) is 5.55. The molecule has 1 aliphatic rings. The van der Waals surface area contributed by atoms with Crippen LogP contribution < -0.4 is 0 Å². The van der Waals surface area contributed by atoms with Crippen LogP contribution in [0.1, 0.15) is 34.7 Å². The predicted molar refractivity (Wildman–Crippen MR) is 162 cm³/mol. The van der Waals surface area contributed by atoms with E-state index in [0.29, 0.717) is 19.8 Å². The zero-order chi connectivity index (χ0) is 28.4. The molecule has 0 unspecified atom stereocenters. The van der Waals surface area contributed by atoms with Crippen molar-refractivity contribution in [3.8, 4) is 0 Å². The molecule has 0 N–H and O–H groups in total. The van der Waals surface area contributed by atoms with Crippen LogP contribution in [-0.2, 0) is 43.0 Å². The molecule has 5 rings (SSSR count). The van der Waals surface area contributed by atoms with E-state index in [2.05, 4.69) is 68.4 Å². The summed E-state index contributed by atoms with van der Waals surface area (Å²) in [6.45, 7) is 7.46. The molecule has 4 aromatic carbocycles. The molecular weight excluding hydrogens is 532 g/mol. The second-order valence-corrected chi connectivity index (χ2v) is 11.2. The maximum Gasteiger partial charge on any atom is 0.200 e. The second kappa shape index (κ2) is 14.8. The molecule has 1 aliphatic heterocycles. The summed E-state index contributed by atoms with van der Waals surface area (Å²) >= 11 is 1.33. The lowest BCUT2D eigenvalue weighted by Crippen LogP contribution is -2.59. The van der Waals surface area contributed by atoms with E-state index >= 15 is 0 Å². The van der Waals surface area contributed by atoms with Gasteiger partial charge < -0.3 is 18.9 Å². The summed E-state index contributed by atoms with van der Waals surface area (Å²) in [6, 6.07) is 36.7. The number of hydrogen-bond acceptors (Lipinski definition) is 6. The van der Waals surface area contributed by atoms with Crippen LogP contribution in [0.15, 0.2) is 114 Å². The first-order valence-corrected chi connectivity index (χ1v) is 14.8. The average molecular weight is 571 g/mol. The number of rotatable bonds is 12. The van der Waals surface area contributed by atoms with Crippen molar-refractivity contribution < 1.29 is 23.1 Å². The van der Waals surface area contributed by atoms with E-state index in [1.807, 2.05) is 61.5 Å². The van der Waals surface area contributed by atoms with Gasteiger partial charge in [0.2, 0.25) is 0 Å². The molecule has 0 saturated carbocycles. The predicted octanol–water partition coefficient (Wildman–Crippen LogP) is 7.83. The Hall–Kier alpha value is -2.97. The van der Waals surface area contributed by atoms with Crippen molar-refractivity contribution >= 4 is 12.0 Å². The number of hydrogen-bond donors (Lipinski definition) is 0. The molecule has 4 aromatic rings. The largest absolute Gasteiger partial charge is 0.368 e. The third-order valence-electron chi connectivity index (χ3n) is 7.22. The highest BCUT2D eigenvalue weighted by Crippen LogP contribution is 2.35. The van der Waals surface area contributed by atoms with Gasteiger partial charge in [-0.25, -0.2) is 0 Å². The molecular formula is C35H38O5S. The standard InChI is InChI=1S/C35H38O5S/c1-25-14-13-15-26(2)34(25)41-40-35-33(38-24-30-20-11-6-12-21-30)32(37-23-29-18-9-5-10-19-29)31(27(3)39-35)36-22-28-16-7-4-8-17-28/h4-21,27,31-33,35H,22-24H2,1-3H3/t27-,31+,32+,33-,35-/m0/s1. The summed E-state index contributed by atoms with van der Waals surface area (Å²) in [5, 5.41) is 0. The van der Waals surface area contributed by atoms with Crippen molar-refractivity contribution in [1.29, 1.82) is 0 Å². The molecule has 6 heteroatoms. The molecule has 41 heavy (non-hydrogen) atoms. The minimum atomic E-state index is -0.671. The number of benzene rings is 4. The van der Waals surface area contributed by atoms with Gasteiger partial charge in [-0.2, -0.15) is 0 Å². The van der Waals surface area contributed by atoms with E-state index in [-0.39, 0.29) is 12.2 Å². The Morgan fingerprint density at radius 3 is 1.49 bits per heavy atom. The Labute approximate surface area is 248 Å². The highest BCUT2D eigenvalue weighted by Gasteiger charge is 2.48. The topological polar surface area (TPSA) is 46.2 Å². The lowest BCUT2D eigenvalue weighted by atomic mass is 9.98. The van der Waals surface area contributed by atoms with Crippen LogP contribution in [0.2, 0.25) is 0 Å². The van der Waals surface area contributed by atoms with Crippen LogP contribution in [0.3, 0.4) is 0 Å². The Morgan fingerprint density at radius 1 is 0.561 bits per heavy atom. The average Bonchev–Trinajstić information content (AvgIpc) is 3.00. The zero-order valence-corrected chi connectivity index (χ0v) is 24.7. The van der Waals surface area contributed by atoms with E-state index in [1.165, 1.54) is 12.0 Å². The van der Waals surface area contributed by atoms with Crippen LogP contribution >= 0.6 is 12.0 Å². The van der Waals surface area contributed by atoms with Gasteiger partial charge in [0.25, 0.3) is 0 Å². The fourth-order valence-electron chi connectivity index (χ4n) is 4.97. The summed E-state index contributed by atoms with van der Waals surface area (Å²) < 4.78 is 32.7. The fourth-order valence-corrected chi connectivity index (χ4v) is 5.72. The lowest BCUT2D eigenvalue weighted by Gasteiger charge is -2.44. The van der Waals surface area contributed by atoms with E-state index < -0.39 is 18.5 Å². The van der Waals surface area contributed by atoms with E-state index in [0.717, 1.165) is 32.7 Å². The molecule has 5 atom stereocenters. The molecule has 0 radical (unpaired) electrons. The molecule has 5 nitrogen and oxygen atoms in total. The third-order valence-corrected chi connectivity index (χ3v) is 8.31. The Kier molecular flexibility index (Phi) is 10.6. The molecule has 1 saturated heterocycles. The fraction of sp³-hybridized carbons (Fsp3) is 0.314. The van der Waals surface area contributed by atoms with Crippen molar-refractivity contribution in [2.24, 2.45) is 0 Å². The van der Waals surface area contributed by atoms with Gasteiger partial charge >= 0.3 is 0 Å². The minimum absolute atomic E-state index is 0.292. The van der Waals surface area contributed by atoms with Gasteiger partial charge in [0.1, 0.15) is 18.3 Å². The van der Waals surface area contributed by atoms with Crippen LogP contribution in [-0.4, -0.2) is 30.7 Å². The van der Waals surface area contributed by atoms with Crippen molar-refractivity contribution in [3.63, 3.8) is 0 Å². The molecule has 0 amide bonds. The third kappa shape index (κ3) is 8.07. The van der Waals surface area contributed by atoms with E-state index in [1.54, 1.807) is 0 Å². The Balaban J connectivity index is 1.41. The highest BCUT2D eigenvalue weighted by atomic mass is 32.2. The lowest BCUT2D eigenvalue weighted by molar-refractivity contribution is -0.298. The molecule has 1 fully saturated rings. The molecule has 0 spiro atoms. The van der Waals surface area contributed by atoms with E-state index in [9.17, 15) is 0 Å². The van der Waals surface area contributed by atoms with Crippen molar-refractivity contribution in [1.82, 2.24) is 0 Å². The molecule has 214 valence electrons. The maximum atomic E-state index is 6.65. The number of aryl methyl sites for hydroxylation is 2. The normalized spacial score (nSPS) is 22.5. The first-order valence-electron chi connectivity index (χ1n) is 14.1. The highest BCUT2D eigenvalue weighted by molar-refractivity contribution is 7.94. The zero-order valence-electron chi connectivity index (χ0n) is 23.8. The Morgan fingerprint density at radius 2 is 1.00 bits per heavy atom. The smallest absolute Gasteiger partial charge is 0.200 e. The number of ether oxygens (including phenoxy) is 4. The first kappa shape index (κ1) is 29.5. The van der Waals surface area contributed by atoms with Gasteiger partial charge in [0.15, 0.2) is 6.29 Å². The second-order valence-electron chi connectivity index (χ2n) is 10.4. The molecule has 1 heterocycles. The van der Waals surface area contributed by atoms with Crippen LogP contribution in [0.4, 0.5) is 0 Å². The molecule has 0 bridgehead atoms. The van der Waals surface area contributed by atoms with Crippen LogP contribution in [0, 0.1) is 13.8 Å². The van der Waals surface area contributed by atoms with Gasteiger partial charge in [-0.15, -0.1) is 0 Å². The minimum Gasteiger partial charge on any atom is -0.368 e. The van der Waals surface area contributed by atoms with E-state index in [4.69, 9.17) is 23.1 Å². The Bertz CT molecular complexity index is 1310. The maximum absolute atomic E-state index is 6.65. The van der Waals surface area contributed by atoms with Gasteiger partial charge in [0.05, 0.1) is 25.9 Å². The SMILES string of the molecule is Cc1cccc(C)c1SO[C@@H]1O[C@@H](C)[C@@H](OCc2ccccc2)[C@@H](OCc2ccccc2)[C@@H]1OCc1ccccc1. The van der Waals surface area contributed by atoms with Gasteiger partial charge in [-0.1, -0.05) is 109 Å². The van der Waals surface area contributed by atoms with Crippen LogP contribution in [0.25, 0.3) is 0 Å². The molecule has 0 aliphatic carbocycles. The van der Waals surface area contributed by atoms with Gasteiger partial charge in [-0.05, 0) is 48.6 Å². The summed E-state index contributed by atoms with van der Waals surface area (Å²) in [7, 11) is 0.